The first-order valence-electron chi connectivity index (χ1n) is 6.97. The molecule has 0 aliphatic carbocycles. The quantitative estimate of drug-likeness (QED) is 0.312. The Morgan fingerprint density at radius 1 is 1.45 bits per heavy atom. The van der Waals surface area contributed by atoms with Gasteiger partial charge in [-0.1, -0.05) is 25.8 Å². The molecule has 1 amide bonds. The van der Waals surface area contributed by atoms with Gasteiger partial charge in [-0.2, -0.15) is 0 Å². The highest BCUT2D eigenvalue weighted by Gasteiger charge is 2.25. The first-order valence-corrected chi connectivity index (χ1v) is 7.38. The van der Waals surface area contributed by atoms with E-state index in [2.05, 4.69) is 29.7 Å². The van der Waals surface area contributed by atoms with E-state index >= 15 is 0 Å². The minimum Gasteiger partial charge on any atom is -0.390 e. The second kappa shape index (κ2) is 9.72. The monoisotopic (exact) mass is 301 g/mol. The van der Waals surface area contributed by atoms with Crippen molar-refractivity contribution in [3.8, 4) is 0 Å². The predicted molar refractivity (Wildman–Crippen MR) is 86.0 cm³/mol. The van der Waals surface area contributed by atoms with Gasteiger partial charge in [0.05, 0.1) is 5.60 Å². The number of amides is 1. The molecule has 0 aliphatic rings. The number of aliphatic hydroxyl groups is 1. The van der Waals surface area contributed by atoms with E-state index in [0.717, 1.165) is 19.3 Å². The first kappa shape index (κ1) is 18.9. The predicted octanol–water partition coefficient (Wildman–Crippen LogP) is 1.64. The third-order valence-electron chi connectivity index (χ3n) is 2.73. The van der Waals surface area contributed by atoms with E-state index < -0.39 is 5.60 Å². The van der Waals surface area contributed by atoms with Gasteiger partial charge < -0.3 is 10.4 Å². The first-order chi connectivity index (χ1) is 9.30. The Balaban J connectivity index is 4.32. The number of hydrogen-bond acceptors (Lipinski definition) is 3. The zero-order chi connectivity index (χ0) is 15.6. The standard InChI is InChI=1S/C14H27N3O2S/c1-5-7-8-11(10-14(3,4)19)12(18)16-17-13(20)15-9-6-2/h6,11,19H,2,5,7-10H2,1,3-4H3,(H,16,18)(H2,15,17,20)/t11-/m0/s1. The van der Waals surface area contributed by atoms with Crippen LogP contribution in [0.4, 0.5) is 0 Å². The number of rotatable bonds is 8. The fourth-order valence-corrected chi connectivity index (χ4v) is 1.94. The number of carbonyl (C=O) groups is 1. The maximum Gasteiger partial charge on any atom is 0.241 e. The Morgan fingerprint density at radius 2 is 2.10 bits per heavy atom. The summed E-state index contributed by atoms with van der Waals surface area (Å²) in [7, 11) is 0. The summed E-state index contributed by atoms with van der Waals surface area (Å²) < 4.78 is 0. The van der Waals surface area contributed by atoms with Crippen LogP contribution < -0.4 is 16.2 Å². The van der Waals surface area contributed by atoms with Crippen LogP contribution >= 0.6 is 12.2 Å². The fourth-order valence-electron chi connectivity index (χ4n) is 1.81. The van der Waals surface area contributed by atoms with E-state index in [1.165, 1.54) is 0 Å². The second-order valence-corrected chi connectivity index (χ2v) is 5.88. The number of unbranched alkanes of at least 4 members (excludes halogenated alkanes) is 1. The molecule has 20 heavy (non-hydrogen) atoms. The molecule has 1 atom stereocenters. The zero-order valence-corrected chi connectivity index (χ0v) is 13.5. The third kappa shape index (κ3) is 9.75. The third-order valence-corrected chi connectivity index (χ3v) is 2.98. The van der Waals surface area contributed by atoms with Gasteiger partial charge in [0.2, 0.25) is 5.91 Å². The summed E-state index contributed by atoms with van der Waals surface area (Å²) in [6.45, 7) is 9.59. The normalized spacial score (nSPS) is 12.4. The zero-order valence-electron chi connectivity index (χ0n) is 12.7. The number of thiocarbonyl (C=S) groups is 1. The van der Waals surface area contributed by atoms with Crippen molar-refractivity contribution in [2.75, 3.05) is 6.54 Å². The highest BCUT2D eigenvalue weighted by atomic mass is 32.1. The molecular weight excluding hydrogens is 274 g/mol. The van der Waals surface area contributed by atoms with Crippen LogP contribution in [0.2, 0.25) is 0 Å². The van der Waals surface area contributed by atoms with Gasteiger partial charge in [0.25, 0.3) is 0 Å². The molecule has 0 rings (SSSR count). The van der Waals surface area contributed by atoms with Gasteiger partial charge >= 0.3 is 0 Å². The molecular formula is C14H27N3O2S. The minimum atomic E-state index is -0.864. The molecule has 0 spiro atoms. The Hall–Kier alpha value is -1.14. The maximum atomic E-state index is 12.1. The summed E-state index contributed by atoms with van der Waals surface area (Å²) in [5, 5.41) is 13.1. The van der Waals surface area contributed by atoms with Crippen molar-refractivity contribution in [1.82, 2.24) is 16.2 Å². The Bertz CT molecular complexity index is 327. The van der Waals surface area contributed by atoms with Gasteiger partial charge in [-0.3, -0.25) is 15.6 Å². The molecule has 0 aliphatic heterocycles. The van der Waals surface area contributed by atoms with Gasteiger partial charge in [-0.05, 0) is 38.9 Å². The average molecular weight is 301 g/mol. The van der Waals surface area contributed by atoms with E-state index in [4.69, 9.17) is 12.2 Å². The van der Waals surface area contributed by atoms with E-state index in [-0.39, 0.29) is 11.8 Å². The molecule has 0 fully saturated rings. The number of nitrogens with one attached hydrogen (secondary N) is 3. The lowest BCUT2D eigenvalue weighted by molar-refractivity contribution is -0.127. The molecule has 0 unspecified atom stereocenters. The van der Waals surface area contributed by atoms with Crippen LogP contribution in [0.5, 0.6) is 0 Å². The van der Waals surface area contributed by atoms with Crippen LogP contribution in [0.1, 0.15) is 46.5 Å². The summed E-state index contributed by atoms with van der Waals surface area (Å²) in [5.74, 6) is -0.381. The lowest BCUT2D eigenvalue weighted by Crippen LogP contribution is -2.49. The molecule has 0 saturated carbocycles. The van der Waals surface area contributed by atoms with Gasteiger partial charge in [0.1, 0.15) is 0 Å². The highest BCUT2D eigenvalue weighted by Crippen LogP contribution is 2.21. The van der Waals surface area contributed by atoms with Crippen molar-refractivity contribution in [3.05, 3.63) is 12.7 Å². The molecule has 5 nitrogen and oxygen atoms in total. The molecule has 0 aromatic rings. The van der Waals surface area contributed by atoms with E-state index in [1.54, 1.807) is 19.9 Å². The van der Waals surface area contributed by atoms with Crippen molar-refractivity contribution in [2.24, 2.45) is 5.92 Å². The molecule has 116 valence electrons. The van der Waals surface area contributed by atoms with Crippen molar-refractivity contribution in [3.63, 3.8) is 0 Å². The second-order valence-electron chi connectivity index (χ2n) is 5.47. The van der Waals surface area contributed by atoms with E-state index in [0.29, 0.717) is 18.1 Å². The summed E-state index contributed by atoms with van der Waals surface area (Å²) in [5.41, 5.74) is 4.37. The Morgan fingerprint density at radius 3 is 2.60 bits per heavy atom. The maximum absolute atomic E-state index is 12.1. The summed E-state index contributed by atoms with van der Waals surface area (Å²) >= 11 is 4.99. The molecule has 0 radical (unpaired) electrons. The van der Waals surface area contributed by atoms with Crippen LogP contribution in [0.3, 0.4) is 0 Å². The van der Waals surface area contributed by atoms with Crippen LogP contribution in [0, 0.1) is 5.92 Å². The molecule has 0 heterocycles. The molecule has 4 N–H and O–H groups in total. The van der Waals surface area contributed by atoms with Gasteiger partial charge in [0, 0.05) is 12.5 Å². The van der Waals surface area contributed by atoms with Crippen molar-refractivity contribution >= 4 is 23.2 Å². The van der Waals surface area contributed by atoms with Crippen molar-refractivity contribution < 1.29 is 9.90 Å². The molecule has 0 bridgehead atoms. The smallest absolute Gasteiger partial charge is 0.241 e. The highest BCUT2D eigenvalue weighted by molar-refractivity contribution is 7.80. The lowest BCUT2D eigenvalue weighted by Gasteiger charge is -2.24. The van der Waals surface area contributed by atoms with Crippen molar-refractivity contribution in [2.45, 2.75) is 52.1 Å². The van der Waals surface area contributed by atoms with E-state index in [9.17, 15) is 9.90 Å². The van der Waals surface area contributed by atoms with Crippen LogP contribution in [0.25, 0.3) is 0 Å². The average Bonchev–Trinajstić information content (AvgIpc) is 2.37. The van der Waals surface area contributed by atoms with Crippen LogP contribution in [0.15, 0.2) is 12.7 Å². The molecule has 0 aromatic carbocycles. The van der Waals surface area contributed by atoms with Gasteiger partial charge in [0.15, 0.2) is 5.11 Å². The van der Waals surface area contributed by atoms with Crippen molar-refractivity contribution in [1.29, 1.82) is 0 Å². The number of hydrazine groups is 1. The topological polar surface area (TPSA) is 73.4 Å². The summed E-state index contributed by atoms with van der Waals surface area (Å²) in [6.07, 6.45) is 4.82. The summed E-state index contributed by atoms with van der Waals surface area (Å²) in [6, 6.07) is 0. The van der Waals surface area contributed by atoms with Gasteiger partial charge in [-0.15, -0.1) is 6.58 Å². The van der Waals surface area contributed by atoms with Gasteiger partial charge in [-0.25, -0.2) is 0 Å². The minimum absolute atomic E-state index is 0.150. The van der Waals surface area contributed by atoms with Crippen LogP contribution in [-0.4, -0.2) is 28.3 Å². The Kier molecular flexibility index (Phi) is 9.16. The fraction of sp³-hybridized carbons (Fsp3) is 0.714. The molecule has 0 aromatic heterocycles. The number of hydrogen-bond donors (Lipinski definition) is 4. The summed E-state index contributed by atoms with van der Waals surface area (Å²) in [4.78, 5) is 12.1. The molecule has 0 saturated heterocycles. The number of carbonyl (C=O) groups excluding carboxylic acids is 1. The molecule has 6 heteroatoms. The SMILES string of the molecule is C=CCNC(=S)NNC(=O)[C@@H](CCCC)CC(C)(C)O. The largest absolute Gasteiger partial charge is 0.390 e. The van der Waals surface area contributed by atoms with Crippen LogP contribution in [-0.2, 0) is 4.79 Å². The van der Waals surface area contributed by atoms with E-state index in [1.807, 2.05) is 0 Å². The lowest BCUT2D eigenvalue weighted by atomic mass is 9.89. The Labute approximate surface area is 127 Å².